The summed E-state index contributed by atoms with van der Waals surface area (Å²) in [5, 5.41) is 2.28. The third-order valence-electron chi connectivity index (χ3n) is 11.5. The number of H-pyrrole nitrogens is 1. The number of aromatic amines is 1. The van der Waals surface area contributed by atoms with E-state index in [-0.39, 0.29) is 43.1 Å². The Kier molecular flexibility index (Phi) is 12.2. The Hall–Kier alpha value is -6.06. The summed E-state index contributed by atoms with van der Waals surface area (Å²) in [5.41, 5.74) is -0.690. The largest absolute Gasteiger partial charge is 0.404 e. The van der Waals surface area contributed by atoms with Crippen LogP contribution in [0.2, 0.25) is 5.04 Å². The van der Waals surface area contributed by atoms with Crippen molar-refractivity contribution in [1.29, 1.82) is 0 Å². The summed E-state index contributed by atoms with van der Waals surface area (Å²) in [6.07, 6.45) is -2.55. The lowest BCUT2D eigenvalue weighted by Crippen LogP contribution is -2.68. The van der Waals surface area contributed by atoms with Crippen molar-refractivity contribution in [2.75, 3.05) is 13.2 Å². The summed E-state index contributed by atoms with van der Waals surface area (Å²) < 4.78 is 29.6. The van der Waals surface area contributed by atoms with E-state index in [9.17, 15) is 19.2 Å². The summed E-state index contributed by atoms with van der Waals surface area (Å²) in [7, 11) is -3.30. The fourth-order valence-electron chi connectivity index (χ4n) is 8.49. The predicted molar refractivity (Wildman–Crippen MR) is 235 cm³/mol. The molecule has 1 fully saturated rings. The molecule has 2 amide bonds. The summed E-state index contributed by atoms with van der Waals surface area (Å²) in [6.45, 7) is 7.99. The highest BCUT2D eigenvalue weighted by Crippen LogP contribution is 2.45. The quantitative estimate of drug-likeness (QED) is 0.0962. The molecule has 0 unspecified atom stereocenters. The molecule has 0 saturated carbocycles. The minimum absolute atomic E-state index is 0.0444. The van der Waals surface area contributed by atoms with E-state index in [1.807, 2.05) is 97.1 Å². The summed E-state index contributed by atoms with van der Waals surface area (Å²) >= 11 is 0. The molecule has 1 saturated heterocycles. The van der Waals surface area contributed by atoms with Crippen LogP contribution in [0, 0.1) is 6.92 Å². The fourth-order valence-corrected chi connectivity index (χ4v) is 13.1. The molecule has 4 atom stereocenters. The Balaban J connectivity index is 1.31. The van der Waals surface area contributed by atoms with Gasteiger partial charge in [-0.15, -0.1) is 5.06 Å². The number of benzene rings is 5. The molecule has 0 aliphatic carbocycles. The van der Waals surface area contributed by atoms with Crippen LogP contribution in [0.5, 0.6) is 0 Å². The first kappa shape index (κ1) is 42.6. The van der Waals surface area contributed by atoms with Gasteiger partial charge in [-0.05, 0) is 45.6 Å². The topological polar surface area (TPSA) is 138 Å². The van der Waals surface area contributed by atoms with Crippen molar-refractivity contribution in [1.82, 2.24) is 14.6 Å². The maximum Gasteiger partial charge on any atom is 0.330 e. The van der Waals surface area contributed by atoms with Crippen molar-refractivity contribution in [2.45, 2.75) is 70.0 Å². The van der Waals surface area contributed by atoms with Crippen LogP contribution < -0.4 is 21.6 Å². The van der Waals surface area contributed by atoms with Gasteiger partial charge in [-0.3, -0.25) is 28.8 Å². The van der Waals surface area contributed by atoms with E-state index in [4.69, 9.17) is 23.5 Å². The van der Waals surface area contributed by atoms with Crippen LogP contribution in [0.1, 0.15) is 64.4 Å². The number of hydrogen-bond acceptors (Lipinski definition) is 9. The van der Waals surface area contributed by atoms with Gasteiger partial charge in [0.2, 0.25) is 0 Å². The zero-order valence-electron chi connectivity index (χ0n) is 35.1. The number of nitrogens with one attached hydrogen (secondary N) is 1. The van der Waals surface area contributed by atoms with E-state index in [0.717, 1.165) is 21.5 Å². The molecule has 0 spiro atoms. The molecule has 0 bridgehead atoms. The predicted octanol–water partition coefficient (Wildman–Crippen LogP) is 6.09. The van der Waals surface area contributed by atoms with Gasteiger partial charge in [0.25, 0.3) is 25.7 Å². The van der Waals surface area contributed by atoms with Crippen LogP contribution in [-0.2, 0) is 36.7 Å². The standard InChI is InChI=1S/C49H49N3O9Si/c1-34-29-51(47(56)50-43(34)53)46-41(61-52-44(54)39-27-17-18-28-40(39)45(52)55)42(58-31-36-21-11-6-12-22-36)49(60-46,32-57-30-35-19-9-5-10-20-35)33-59-62(48(2,3)4,37-23-13-7-14-24-37)38-25-15-8-16-26-38/h5-29,41-42,46H,30-33H2,1-4H3,(H,50,53,56)/t41-,42+,46-,49+/m1/s1. The van der Waals surface area contributed by atoms with Gasteiger partial charge in [0, 0.05) is 11.8 Å². The molecule has 12 nitrogen and oxygen atoms in total. The molecule has 2 aliphatic heterocycles. The first-order valence-electron chi connectivity index (χ1n) is 20.6. The molecule has 2 aliphatic rings. The smallest absolute Gasteiger partial charge is 0.330 e. The van der Waals surface area contributed by atoms with E-state index in [2.05, 4.69) is 50.0 Å². The average Bonchev–Trinajstić information content (AvgIpc) is 3.71. The van der Waals surface area contributed by atoms with Gasteiger partial charge in [-0.2, -0.15) is 0 Å². The molecule has 1 N–H and O–H groups in total. The van der Waals surface area contributed by atoms with Crippen LogP contribution in [0.25, 0.3) is 0 Å². The molecule has 318 valence electrons. The third-order valence-corrected chi connectivity index (χ3v) is 16.5. The molecule has 5 aromatic carbocycles. The number of hydroxylamine groups is 2. The average molecular weight is 852 g/mol. The number of fused-ring (bicyclic) bond motifs is 1. The fraction of sp³-hybridized carbons (Fsp3) is 0.265. The van der Waals surface area contributed by atoms with Crippen molar-refractivity contribution in [3.63, 3.8) is 0 Å². The third kappa shape index (κ3) is 8.18. The number of aromatic nitrogens is 2. The Labute approximate surface area is 360 Å². The summed E-state index contributed by atoms with van der Waals surface area (Å²) in [6, 6.07) is 45.9. The second-order valence-electron chi connectivity index (χ2n) is 16.7. The SMILES string of the molecule is Cc1cn([C@@H]2O[C@@](COCc3ccccc3)(CO[Si](c3ccccc3)(c3ccccc3)C(C)(C)C)[C@@H](OCc3ccccc3)[C@H]2ON2C(=O)c3ccccc3C2=O)c(=O)[nH]c1=O. The van der Waals surface area contributed by atoms with Gasteiger partial charge in [-0.25, -0.2) is 4.79 Å². The number of imide groups is 1. The number of amides is 2. The molecule has 8 rings (SSSR count). The molecular formula is C49H49N3O9Si. The number of carbonyl (C=O) groups excluding carboxylic acids is 2. The second-order valence-corrected chi connectivity index (χ2v) is 21.0. The van der Waals surface area contributed by atoms with Gasteiger partial charge in [-0.1, -0.05) is 154 Å². The van der Waals surface area contributed by atoms with Crippen molar-refractivity contribution < 1.29 is 33.1 Å². The number of aryl methyl sites for hydroxylation is 1. The minimum atomic E-state index is -3.30. The molecule has 6 aromatic rings. The maximum atomic E-state index is 14.0. The number of nitrogens with zero attached hydrogens (tertiary/aromatic N) is 2. The minimum Gasteiger partial charge on any atom is -0.404 e. The van der Waals surface area contributed by atoms with Gasteiger partial charge in [0.1, 0.15) is 11.7 Å². The van der Waals surface area contributed by atoms with Crippen LogP contribution in [0.4, 0.5) is 0 Å². The Morgan fingerprint density at radius 3 is 1.71 bits per heavy atom. The van der Waals surface area contributed by atoms with E-state index < -0.39 is 60.5 Å². The second kappa shape index (κ2) is 17.7. The van der Waals surface area contributed by atoms with E-state index in [0.29, 0.717) is 5.06 Å². The Bertz CT molecular complexity index is 2560. The summed E-state index contributed by atoms with van der Waals surface area (Å²) in [5.74, 6) is -1.37. The van der Waals surface area contributed by atoms with Crippen molar-refractivity contribution in [2.24, 2.45) is 0 Å². The first-order valence-corrected chi connectivity index (χ1v) is 22.5. The highest BCUT2D eigenvalue weighted by atomic mass is 28.4. The number of rotatable bonds is 15. The van der Waals surface area contributed by atoms with Gasteiger partial charge >= 0.3 is 5.69 Å². The number of hydrogen-bond donors (Lipinski definition) is 1. The lowest BCUT2D eigenvalue weighted by Gasteiger charge is -2.45. The monoisotopic (exact) mass is 851 g/mol. The van der Waals surface area contributed by atoms with Crippen LogP contribution in [0.15, 0.2) is 161 Å². The Morgan fingerprint density at radius 1 is 0.677 bits per heavy atom. The van der Waals surface area contributed by atoms with Crippen molar-refractivity contribution in [3.8, 4) is 0 Å². The van der Waals surface area contributed by atoms with Gasteiger partial charge in [0.05, 0.1) is 37.6 Å². The molecule has 3 heterocycles. The van der Waals surface area contributed by atoms with Crippen molar-refractivity contribution in [3.05, 3.63) is 200 Å². The molecule has 62 heavy (non-hydrogen) atoms. The van der Waals surface area contributed by atoms with E-state index in [1.54, 1.807) is 31.2 Å². The lowest BCUT2D eigenvalue weighted by molar-refractivity contribution is -0.188. The van der Waals surface area contributed by atoms with Crippen LogP contribution in [-0.4, -0.2) is 65.8 Å². The van der Waals surface area contributed by atoms with Crippen LogP contribution in [0.3, 0.4) is 0 Å². The van der Waals surface area contributed by atoms with Gasteiger partial charge in [0.15, 0.2) is 12.3 Å². The molecule has 0 radical (unpaired) electrons. The zero-order valence-corrected chi connectivity index (χ0v) is 36.1. The highest BCUT2D eigenvalue weighted by molar-refractivity contribution is 6.99. The number of ether oxygens (including phenoxy) is 3. The molecule has 13 heteroatoms. The lowest BCUT2D eigenvalue weighted by atomic mass is 9.96. The van der Waals surface area contributed by atoms with Crippen LogP contribution >= 0.6 is 0 Å². The summed E-state index contributed by atoms with van der Waals surface area (Å²) in [4.78, 5) is 63.7. The van der Waals surface area contributed by atoms with Gasteiger partial charge < -0.3 is 18.6 Å². The number of carbonyl (C=O) groups is 2. The van der Waals surface area contributed by atoms with E-state index in [1.165, 1.54) is 10.8 Å². The maximum absolute atomic E-state index is 14.0. The molecule has 1 aromatic heterocycles. The normalized spacial score (nSPS) is 20.1. The highest BCUT2D eigenvalue weighted by Gasteiger charge is 2.62. The Morgan fingerprint density at radius 2 is 1.18 bits per heavy atom. The van der Waals surface area contributed by atoms with E-state index >= 15 is 0 Å². The first-order chi connectivity index (χ1) is 29.9. The zero-order chi connectivity index (χ0) is 43.5. The molecular weight excluding hydrogens is 803 g/mol. The van der Waals surface area contributed by atoms with Crippen molar-refractivity contribution >= 4 is 30.5 Å².